The van der Waals surface area contributed by atoms with Crippen LogP contribution in [0.25, 0.3) is 0 Å². The second-order valence-electron chi connectivity index (χ2n) is 7.18. The van der Waals surface area contributed by atoms with Crippen LogP contribution in [0.4, 0.5) is 0 Å². The zero-order valence-electron chi connectivity index (χ0n) is 12.3. The van der Waals surface area contributed by atoms with Crippen LogP contribution in [0.1, 0.15) is 32.3 Å². The first-order valence-corrected chi connectivity index (χ1v) is 7.58. The first kappa shape index (κ1) is 13.1. The van der Waals surface area contributed by atoms with Crippen molar-refractivity contribution in [2.24, 2.45) is 5.41 Å². The topological polar surface area (TPSA) is 15.3 Å². The number of nitrogens with one attached hydrogen (secondary N) is 1. The van der Waals surface area contributed by atoms with Crippen molar-refractivity contribution < 1.29 is 0 Å². The second kappa shape index (κ2) is 4.92. The molecule has 104 valence electrons. The molecule has 19 heavy (non-hydrogen) atoms. The molecule has 0 unspecified atom stereocenters. The van der Waals surface area contributed by atoms with Gasteiger partial charge in [0.15, 0.2) is 0 Å². The van der Waals surface area contributed by atoms with Gasteiger partial charge in [0.1, 0.15) is 0 Å². The van der Waals surface area contributed by atoms with Crippen LogP contribution in [0.5, 0.6) is 0 Å². The smallest absolute Gasteiger partial charge is 0.0252 e. The van der Waals surface area contributed by atoms with Gasteiger partial charge in [0.05, 0.1) is 0 Å². The Morgan fingerprint density at radius 3 is 2.53 bits per heavy atom. The predicted molar refractivity (Wildman–Crippen MR) is 80.3 cm³/mol. The molecule has 3 rings (SSSR count). The van der Waals surface area contributed by atoms with Gasteiger partial charge in [0.25, 0.3) is 0 Å². The molecule has 0 atom stereocenters. The summed E-state index contributed by atoms with van der Waals surface area (Å²) in [5.74, 6) is 0. The molecular weight excluding hydrogens is 232 g/mol. The van der Waals surface area contributed by atoms with Crippen LogP contribution in [0, 0.1) is 5.41 Å². The highest BCUT2D eigenvalue weighted by molar-refractivity contribution is 5.15. The van der Waals surface area contributed by atoms with Gasteiger partial charge in [-0.2, -0.15) is 0 Å². The lowest BCUT2D eigenvalue weighted by molar-refractivity contribution is 0.216. The van der Waals surface area contributed by atoms with Crippen LogP contribution in [-0.2, 0) is 6.42 Å². The van der Waals surface area contributed by atoms with E-state index in [9.17, 15) is 0 Å². The van der Waals surface area contributed by atoms with E-state index in [2.05, 4.69) is 54.4 Å². The highest BCUT2D eigenvalue weighted by atomic mass is 15.2. The summed E-state index contributed by atoms with van der Waals surface area (Å²) < 4.78 is 0. The number of hydrogen-bond acceptors (Lipinski definition) is 2. The molecule has 1 saturated heterocycles. The van der Waals surface area contributed by atoms with Gasteiger partial charge in [0, 0.05) is 31.7 Å². The van der Waals surface area contributed by atoms with E-state index >= 15 is 0 Å². The lowest BCUT2D eigenvalue weighted by Crippen LogP contribution is -2.46. The van der Waals surface area contributed by atoms with Crippen molar-refractivity contribution >= 4 is 0 Å². The molecule has 1 aliphatic heterocycles. The minimum atomic E-state index is 0.253. The summed E-state index contributed by atoms with van der Waals surface area (Å²) in [7, 11) is 0. The maximum absolute atomic E-state index is 3.76. The molecular formula is C17H26N2. The van der Waals surface area contributed by atoms with Crippen molar-refractivity contribution in [3.8, 4) is 0 Å². The largest absolute Gasteiger partial charge is 0.310 e. The molecule has 1 saturated carbocycles. The van der Waals surface area contributed by atoms with E-state index in [4.69, 9.17) is 0 Å². The number of nitrogens with zero attached hydrogens (tertiary/aromatic N) is 1. The molecule has 1 aromatic carbocycles. The van der Waals surface area contributed by atoms with Crippen LogP contribution in [-0.4, -0.2) is 36.6 Å². The Morgan fingerprint density at radius 2 is 1.84 bits per heavy atom. The second-order valence-corrected chi connectivity index (χ2v) is 7.18. The summed E-state index contributed by atoms with van der Waals surface area (Å²) in [6, 6.07) is 10.9. The Hall–Kier alpha value is -0.860. The zero-order valence-corrected chi connectivity index (χ0v) is 12.3. The summed E-state index contributed by atoms with van der Waals surface area (Å²) in [6.45, 7) is 9.53. The van der Waals surface area contributed by atoms with Crippen molar-refractivity contribution in [1.29, 1.82) is 0 Å². The Kier molecular flexibility index (Phi) is 3.40. The fraction of sp³-hybridized carbons (Fsp3) is 0.647. The zero-order chi connectivity index (χ0) is 13.3. The van der Waals surface area contributed by atoms with Gasteiger partial charge in [0.2, 0.25) is 0 Å². The first-order valence-electron chi connectivity index (χ1n) is 7.58. The van der Waals surface area contributed by atoms with Crippen LogP contribution in [0.15, 0.2) is 30.3 Å². The van der Waals surface area contributed by atoms with E-state index in [0.717, 1.165) is 0 Å². The molecule has 1 N–H and O–H groups in total. The summed E-state index contributed by atoms with van der Waals surface area (Å²) in [6.07, 6.45) is 4.00. The fourth-order valence-corrected chi connectivity index (χ4v) is 3.23. The molecule has 1 heterocycles. The van der Waals surface area contributed by atoms with Gasteiger partial charge < -0.3 is 10.2 Å². The van der Waals surface area contributed by atoms with Gasteiger partial charge >= 0.3 is 0 Å². The number of benzene rings is 1. The van der Waals surface area contributed by atoms with E-state index in [1.807, 2.05) is 0 Å². The van der Waals surface area contributed by atoms with Crippen molar-refractivity contribution in [2.45, 2.75) is 38.6 Å². The summed E-state index contributed by atoms with van der Waals surface area (Å²) >= 11 is 0. The summed E-state index contributed by atoms with van der Waals surface area (Å²) in [4.78, 5) is 2.68. The van der Waals surface area contributed by atoms with Crippen LogP contribution in [0.3, 0.4) is 0 Å². The standard InChI is InChI=1S/C17H26N2/c1-16(2)13-19(14-17(9-10-17)12-18-16)11-8-15-6-4-3-5-7-15/h3-7,18H,8-14H2,1-2H3. The van der Waals surface area contributed by atoms with Gasteiger partial charge in [-0.15, -0.1) is 0 Å². The van der Waals surface area contributed by atoms with Crippen LogP contribution < -0.4 is 5.32 Å². The monoisotopic (exact) mass is 258 g/mol. The SMILES string of the molecule is CC1(C)CN(CCc2ccccc2)CC2(CC2)CN1. The molecule has 2 nitrogen and oxygen atoms in total. The van der Waals surface area contributed by atoms with E-state index in [0.29, 0.717) is 5.41 Å². The van der Waals surface area contributed by atoms with E-state index in [-0.39, 0.29) is 5.54 Å². The maximum Gasteiger partial charge on any atom is 0.0252 e. The molecule has 0 bridgehead atoms. The third-order valence-electron chi connectivity index (χ3n) is 4.64. The molecule has 1 aliphatic carbocycles. The lowest BCUT2D eigenvalue weighted by Gasteiger charge is -2.30. The highest BCUT2D eigenvalue weighted by Crippen LogP contribution is 2.47. The Bertz CT molecular complexity index is 412. The van der Waals surface area contributed by atoms with Gasteiger partial charge in [-0.3, -0.25) is 0 Å². The molecule has 1 aromatic rings. The molecule has 0 radical (unpaired) electrons. The van der Waals surface area contributed by atoms with Gasteiger partial charge in [-0.25, -0.2) is 0 Å². The third-order valence-corrected chi connectivity index (χ3v) is 4.64. The number of hydrogen-bond donors (Lipinski definition) is 1. The van der Waals surface area contributed by atoms with Gasteiger partial charge in [-0.1, -0.05) is 30.3 Å². The van der Waals surface area contributed by atoms with Crippen LogP contribution in [0.2, 0.25) is 0 Å². The maximum atomic E-state index is 3.76. The molecule has 2 aliphatic rings. The quantitative estimate of drug-likeness (QED) is 0.897. The Balaban J connectivity index is 1.62. The van der Waals surface area contributed by atoms with Gasteiger partial charge in [-0.05, 0) is 44.1 Å². The molecule has 0 aromatic heterocycles. The average Bonchev–Trinajstić information content (AvgIpc) is 3.16. The predicted octanol–water partition coefficient (Wildman–Crippen LogP) is 2.69. The van der Waals surface area contributed by atoms with Crippen molar-refractivity contribution in [2.75, 3.05) is 26.2 Å². The fourth-order valence-electron chi connectivity index (χ4n) is 3.23. The average molecular weight is 258 g/mol. The van der Waals surface area contributed by atoms with E-state index in [1.54, 1.807) is 0 Å². The Morgan fingerprint density at radius 1 is 1.11 bits per heavy atom. The minimum Gasteiger partial charge on any atom is -0.310 e. The normalized spacial score (nSPS) is 25.2. The van der Waals surface area contributed by atoms with Crippen molar-refractivity contribution in [3.05, 3.63) is 35.9 Å². The van der Waals surface area contributed by atoms with E-state index < -0.39 is 0 Å². The summed E-state index contributed by atoms with van der Waals surface area (Å²) in [5, 5.41) is 3.76. The van der Waals surface area contributed by atoms with Crippen molar-refractivity contribution in [3.63, 3.8) is 0 Å². The summed E-state index contributed by atoms with van der Waals surface area (Å²) in [5.41, 5.74) is 2.31. The molecule has 0 amide bonds. The Labute approximate surface area is 117 Å². The lowest BCUT2D eigenvalue weighted by atomic mass is 10.1. The molecule has 1 spiro atoms. The molecule has 2 fully saturated rings. The third kappa shape index (κ3) is 3.37. The van der Waals surface area contributed by atoms with Crippen molar-refractivity contribution in [1.82, 2.24) is 10.2 Å². The number of rotatable bonds is 3. The minimum absolute atomic E-state index is 0.253. The first-order chi connectivity index (χ1) is 9.07. The highest BCUT2D eigenvalue weighted by Gasteiger charge is 2.46. The van der Waals surface area contributed by atoms with E-state index in [1.165, 1.54) is 51.0 Å². The molecule has 2 heteroatoms. The van der Waals surface area contributed by atoms with Crippen LogP contribution >= 0.6 is 0 Å².